The highest BCUT2D eigenvalue weighted by Crippen LogP contribution is 2.19. The second kappa shape index (κ2) is 6.93. The molecule has 1 atom stereocenters. The third kappa shape index (κ3) is 4.85. The molecule has 1 aromatic rings. The molecule has 1 unspecified atom stereocenters. The van der Waals surface area contributed by atoms with Gasteiger partial charge < -0.3 is 5.32 Å². The summed E-state index contributed by atoms with van der Waals surface area (Å²) in [6, 6.07) is 3.03. The molecule has 1 aromatic carbocycles. The van der Waals surface area contributed by atoms with Crippen molar-refractivity contribution < 1.29 is 17.2 Å². The molecular formula is C12H18F2N2O2S. The molecule has 0 amide bonds. The van der Waals surface area contributed by atoms with Crippen LogP contribution in [0.1, 0.15) is 25.5 Å². The lowest BCUT2D eigenvalue weighted by molar-refractivity contribution is 0.494. The van der Waals surface area contributed by atoms with Gasteiger partial charge in [0.05, 0.1) is 5.75 Å². The van der Waals surface area contributed by atoms with Gasteiger partial charge in [-0.1, -0.05) is 13.0 Å². The van der Waals surface area contributed by atoms with Crippen LogP contribution in [0.3, 0.4) is 0 Å². The van der Waals surface area contributed by atoms with Crippen LogP contribution in [0.4, 0.5) is 8.78 Å². The van der Waals surface area contributed by atoms with Crippen molar-refractivity contribution >= 4 is 10.0 Å². The second-order valence-electron chi connectivity index (χ2n) is 4.13. The normalized spacial score (nSPS) is 13.5. The van der Waals surface area contributed by atoms with Crippen LogP contribution in [0.15, 0.2) is 18.2 Å². The van der Waals surface area contributed by atoms with Crippen molar-refractivity contribution in [2.24, 2.45) is 0 Å². The smallest absolute Gasteiger partial charge is 0.212 e. The van der Waals surface area contributed by atoms with E-state index in [-0.39, 0.29) is 17.9 Å². The van der Waals surface area contributed by atoms with Gasteiger partial charge in [-0.3, -0.25) is 0 Å². The van der Waals surface area contributed by atoms with Gasteiger partial charge in [-0.05, 0) is 19.1 Å². The van der Waals surface area contributed by atoms with E-state index in [9.17, 15) is 17.2 Å². The molecule has 0 aromatic heterocycles. The molecule has 0 bridgehead atoms. The Labute approximate surface area is 112 Å². The van der Waals surface area contributed by atoms with Crippen LogP contribution < -0.4 is 10.0 Å². The predicted molar refractivity (Wildman–Crippen MR) is 70.2 cm³/mol. The zero-order chi connectivity index (χ0) is 14.5. The van der Waals surface area contributed by atoms with Crippen LogP contribution in [0.2, 0.25) is 0 Å². The van der Waals surface area contributed by atoms with Gasteiger partial charge in [0, 0.05) is 24.7 Å². The van der Waals surface area contributed by atoms with Crippen molar-refractivity contribution in [2.75, 3.05) is 18.8 Å². The van der Waals surface area contributed by atoms with Crippen molar-refractivity contribution in [1.82, 2.24) is 10.0 Å². The monoisotopic (exact) mass is 292 g/mol. The highest BCUT2D eigenvalue weighted by atomic mass is 32.2. The maximum Gasteiger partial charge on any atom is 0.212 e. The van der Waals surface area contributed by atoms with Crippen molar-refractivity contribution in [1.29, 1.82) is 0 Å². The fourth-order valence-corrected chi connectivity index (χ4v) is 2.70. The molecule has 7 heteroatoms. The molecule has 4 nitrogen and oxygen atoms in total. The van der Waals surface area contributed by atoms with Gasteiger partial charge in [-0.2, -0.15) is 0 Å². The Hall–Kier alpha value is -1.05. The molecule has 2 N–H and O–H groups in total. The molecule has 0 aliphatic rings. The maximum absolute atomic E-state index is 13.5. The molecule has 0 spiro atoms. The largest absolute Gasteiger partial charge is 0.309 e. The summed E-state index contributed by atoms with van der Waals surface area (Å²) in [5.74, 6) is -1.43. The van der Waals surface area contributed by atoms with Crippen LogP contribution in [-0.4, -0.2) is 27.3 Å². The summed E-state index contributed by atoms with van der Waals surface area (Å²) >= 11 is 0. The summed E-state index contributed by atoms with van der Waals surface area (Å²) in [4.78, 5) is 0. The van der Waals surface area contributed by atoms with Crippen LogP contribution >= 0.6 is 0 Å². The topological polar surface area (TPSA) is 58.2 Å². The van der Waals surface area contributed by atoms with Crippen molar-refractivity contribution in [3.05, 3.63) is 35.4 Å². The SMILES string of the molecule is CCNS(=O)(=O)CCNC(C)c1c(F)cccc1F. The number of hydrogen-bond acceptors (Lipinski definition) is 3. The Morgan fingerprint density at radius 3 is 2.37 bits per heavy atom. The second-order valence-corrected chi connectivity index (χ2v) is 6.05. The quantitative estimate of drug-likeness (QED) is 0.802. The van der Waals surface area contributed by atoms with E-state index in [1.807, 2.05) is 0 Å². The van der Waals surface area contributed by atoms with E-state index in [0.29, 0.717) is 6.54 Å². The van der Waals surface area contributed by atoms with Crippen molar-refractivity contribution in [2.45, 2.75) is 19.9 Å². The molecule has 0 aliphatic carbocycles. The Kier molecular flexibility index (Phi) is 5.84. The number of hydrogen-bond donors (Lipinski definition) is 2. The number of benzene rings is 1. The average molecular weight is 292 g/mol. The summed E-state index contributed by atoms with van der Waals surface area (Å²) in [5, 5.41) is 2.80. The Morgan fingerprint density at radius 1 is 1.26 bits per heavy atom. The molecule has 0 radical (unpaired) electrons. The number of nitrogens with one attached hydrogen (secondary N) is 2. The number of halogens is 2. The van der Waals surface area contributed by atoms with Crippen LogP contribution in [0, 0.1) is 11.6 Å². The fraction of sp³-hybridized carbons (Fsp3) is 0.500. The lowest BCUT2D eigenvalue weighted by Crippen LogP contribution is -2.33. The minimum atomic E-state index is -3.33. The molecule has 0 fully saturated rings. The maximum atomic E-state index is 13.5. The lowest BCUT2D eigenvalue weighted by Gasteiger charge is -2.15. The van der Waals surface area contributed by atoms with E-state index in [4.69, 9.17) is 0 Å². The van der Waals surface area contributed by atoms with Gasteiger partial charge in [0.15, 0.2) is 0 Å². The predicted octanol–water partition coefficient (Wildman–Crippen LogP) is 1.55. The molecule has 1 rings (SSSR count). The van der Waals surface area contributed by atoms with E-state index in [1.165, 1.54) is 18.2 Å². The van der Waals surface area contributed by atoms with Gasteiger partial charge in [0.1, 0.15) is 11.6 Å². The molecule has 108 valence electrons. The van der Waals surface area contributed by atoms with Gasteiger partial charge >= 0.3 is 0 Å². The van der Waals surface area contributed by atoms with Crippen LogP contribution in [-0.2, 0) is 10.0 Å². The summed E-state index contributed by atoms with van der Waals surface area (Å²) < 4.78 is 52.1. The Balaban J connectivity index is 2.59. The van der Waals surface area contributed by atoms with Crippen molar-refractivity contribution in [3.8, 4) is 0 Å². The van der Waals surface area contributed by atoms with E-state index < -0.39 is 27.7 Å². The zero-order valence-electron chi connectivity index (χ0n) is 10.9. The minimum absolute atomic E-state index is 0.0802. The molecule has 0 saturated carbocycles. The van der Waals surface area contributed by atoms with E-state index >= 15 is 0 Å². The first-order valence-corrected chi connectivity index (χ1v) is 7.67. The van der Waals surface area contributed by atoms with E-state index in [0.717, 1.165) is 0 Å². The molecule has 0 aliphatic heterocycles. The molecule has 0 heterocycles. The fourth-order valence-electron chi connectivity index (χ4n) is 1.73. The van der Waals surface area contributed by atoms with Crippen LogP contribution in [0.25, 0.3) is 0 Å². The van der Waals surface area contributed by atoms with E-state index in [1.54, 1.807) is 13.8 Å². The first-order valence-electron chi connectivity index (χ1n) is 6.02. The number of rotatable bonds is 7. The molecular weight excluding hydrogens is 274 g/mol. The highest BCUT2D eigenvalue weighted by Gasteiger charge is 2.16. The van der Waals surface area contributed by atoms with Gasteiger partial charge in [-0.15, -0.1) is 0 Å². The summed E-state index contributed by atoms with van der Waals surface area (Å²) in [6.07, 6.45) is 0. The third-order valence-electron chi connectivity index (χ3n) is 2.62. The molecule has 0 saturated heterocycles. The van der Waals surface area contributed by atoms with Gasteiger partial charge in [-0.25, -0.2) is 21.9 Å². The highest BCUT2D eigenvalue weighted by molar-refractivity contribution is 7.89. The number of sulfonamides is 1. The Morgan fingerprint density at radius 2 is 1.84 bits per heavy atom. The van der Waals surface area contributed by atoms with Gasteiger partial charge in [0.2, 0.25) is 10.0 Å². The first-order chi connectivity index (χ1) is 8.87. The molecule has 19 heavy (non-hydrogen) atoms. The van der Waals surface area contributed by atoms with Crippen molar-refractivity contribution in [3.63, 3.8) is 0 Å². The van der Waals surface area contributed by atoms with Crippen LogP contribution in [0.5, 0.6) is 0 Å². The summed E-state index contributed by atoms with van der Waals surface area (Å²) in [6.45, 7) is 3.70. The third-order valence-corrected chi connectivity index (χ3v) is 4.09. The minimum Gasteiger partial charge on any atom is -0.309 e. The lowest BCUT2D eigenvalue weighted by atomic mass is 10.1. The van der Waals surface area contributed by atoms with Gasteiger partial charge in [0.25, 0.3) is 0 Å². The summed E-state index contributed by atoms with van der Waals surface area (Å²) in [5.41, 5.74) is -0.0802. The zero-order valence-corrected chi connectivity index (χ0v) is 11.7. The standard InChI is InChI=1S/C12H18F2N2O2S/c1-3-16-19(17,18)8-7-15-9(2)12-10(13)5-4-6-11(12)14/h4-6,9,15-16H,3,7-8H2,1-2H3. The Bertz CT molecular complexity index is 500. The van der Waals surface area contributed by atoms with E-state index in [2.05, 4.69) is 10.0 Å². The average Bonchev–Trinajstić information content (AvgIpc) is 2.28. The first kappa shape index (κ1) is 16.0. The summed E-state index contributed by atoms with van der Waals surface area (Å²) in [7, 11) is -3.33.